The number of ether oxygens (including phenoxy) is 2. The molecule has 0 aliphatic rings. The van der Waals surface area contributed by atoms with Gasteiger partial charge in [-0.1, -0.05) is 12.1 Å². The Morgan fingerprint density at radius 3 is 2.67 bits per heavy atom. The topological polar surface area (TPSA) is 80.7 Å². The minimum atomic E-state index is -0.162. The Bertz CT molecular complexity index is 985. The second-order valence-corrected chi connectivity index (χ2v) is 6.14. The Balaban J connectivity index is 2.14. The predicted octanol–water partition coefficient (Wildman–Crippen LogP) is 3.55. The highest BCUT2D eigenvalue weighted by molar-refractivity contribution is 5.96. The Kier molecular flexibility index (Phi) is 5.57. The number of benzene rings is 2. The van der Waals surface area contributed by atoms with Gasteiger partial charge in [0, 0.05) is 23.9 Å². The summed E-state index contributed by atoms with van der Waals surface area (Å²) in [4.78, 5) is 16.2. The number of nitrogens with one attached hydrogen (secondary N) is 1. The van der Waals surface area contributed by atoms with Crippen LogP contribution in [0.4, 0.5) is 5.69 Å². The third kappa shape index (κ3) is 4.01. The van der Waals surface area contributed by atoms with Crippen molar-refractivity contribution >= 4 is 22.5 Å². The molecule has 1 amide bonds. The second-order valence-electron chi connectivity index (χ2n) is 6.14. The minimum absolute atomic E-state index is 0.0539. The molecule has 0 radical (unpaired) electrons. The van der Waals surface area contributed by atoms with Gasteiger partial charge in [0.15, 0.2) is 0 Å². The van der Waals surface area contributed by atoms with Gasteiger partial charge in [0.25, 0.3) is 0 Å². The maximum atomic E-state index is 11.5. The highest BCUT2D eigenvalue weighted by Crippen LogP contribution is 2.35. The van der Waals surface area contributed by atoms with E-state index < -0.39 is 0 Å². The van der Waals surface area contributed by atoms with Gasteiger partial charge in [0.1, 0.15) is 18.1 Å². The number of amides is 1. The Morgan fingerprint density at radius 1 is 1.19 bits per heavy atom. The molecule has 27 heavy (non-hydrogen) atoms. The van der Waals surface area contributed by atoms with E-state index in [1.165, 1.54) is 6.92 Å². The van der Waals surface area contributed by atoms with Crippen molar-refractivity contribution in [3.8, 4) is 22.8 Å². The van der Waals surface area contributed by atoms with Gasteiger partial charge in [-0.3, -0.25) is 4.79 Å². The van der Waals surface area contributed by atoms with Crippen LogP contribution in [0.25, 0.3) is 22.2 Å². The zero-order chi connectivity index (χ0) is 19.4. The van der Waals surface area contributed by atoms with Gasteiger partial charge >= 0.3 is 0 Å². The summed E-state index contributed by atoms with van der Waals surface area (Å²) in [5, 5.41) is 12.8. The van der Waals surface area contributed by atoms with Crippen molar-refractivity contribution in [2.75, 3.05) is 25.6 Å². The molecule has 0 atom stereocenters. The summed E-state index contributed by atoms with van der Waals surface area (Å²) in [5.41, 5.74) is 4.00. The minimum Gasteiger partial charge on any atom is -0.494 e. The molecule has 0 unspecified atom stereocenters. The first-order chi connectivity index (χ1) is 13.0. The molecule has 0 saturated heterocycles. The van der Waals surface area contributed by atoms with E-state index in [1.54, 1.807) is 7.11 Å². The fourth-order valence-corrected chi connectivity index (χ4v) is 2.98. The van der Waals surface area contributed by atoms with Crippen molar-refractivity contribution in [1.29, 1.82) is 0 Å². The van der Waals surface area contributed by atoms with E-state index in [-0.39, 0.29) is 19.1 Å². The van der Waals surface area contributed by atoms with E-state index in [0.717, 1.165) is 27.7 Å². The van der Waals surface area contributed by atoms with E-state index in [4.69, 9.17) is 19.6 Å². The number of hydrogen-bond donors (Lipinski definition) is 2. The van der Waals surface area contributed by atoms with Crippen LogP contribution in [-0.4, -0.2) is 36.3 Å². The van der Waals surface area contributed by atoms with Crippen LogP contribution in [0.15, 0.2) is 42.5 Å². The van der Waals surface area contributed by atoms with Gasteiger partial charge in [-0.15, -0.1) is 0 Å². The zero-order valence-corrected chi connectivity index (χ0v) is 15.6. The molecule has 2 aromatic carbocycles. The second kappa shape index (κ2) is 8.05. The summed E-state index contributed by atoms with van der Waals surface area (Å²) in [6.07, 6.45) is 0. The maximum Gasteiger partial charge on any atom is 0.221 e. The molecular formula is C21H22N2O4. The van der Waals surface area contributed by atoms with Gasteiger partial charge in [0.05, 0.1) is 30.6 Å². The molecule has 1 heterocycles. The Morgan fingerprint density at radius 2 is 1.96 bits per heavy atom. The lowest BCUT2D eigenvalue weighted by Crippen LogP contribution is -2.07. The molecule has 1 aromatic heterocycles. The molecule has 0 spiro atoms. The van der Waals surface area contributed by atoms with Crippen molar-refractivity contribution < 1.29 is 19.4 Å². The summed E-state index contributed by atoms with van der Waals surface area (Å²) in [6, 6.07) is 13.3. The lowest BCUT2D eigenvalue weighted by atomic mass is 10.0. The van der Waals surface area contributed by atoms with Crippen molar-refractivity contribution in [3.63, 3.8) is 0 Å². The number of methoxy groups -OCH3 is 1. The van der Waals surface area contributed by atoms with Crippen LogP contribution in [0.1, 0.15) is 12.5 Å². The number of carbonyl (C=O) groups is 1. The molecule has 6 nitrogen and oxygen atoms in total. The molecule has 3 aromatic rings. The number of pyridine rings is 1. The van der Waals surface area contributed by atoms with Crippen LogP contribution in [0.3, 0.4) is 0 Å². The van der Waals surface area contributed by atoms with E-state index >= 15 is 0 Å². The lowest BCUT2D eigenvalue weighted by molar-refractivity contribution is -0.114. The first-order valence-electron chi connectivity index (χ1n) is 8.63. The number of carbonyl (C=O) groups excluding carboxylic acids is 1. The normalized spacial score (nSPS) is 10.7. The first kappa shape index (κ1) is 18.7. The number of nitrogens with zero attached hydrogens (tertiary/aromatic N) is 1. The standard InChI is InChI=1S/C21H22N2O4/c1-13-10-17(15-6-4-5-7-20(15)27-9-8-24)23-18-12-21(26-3)19(11-16(13)18)22-14(2)25/h4-7,10-12,24H,8-9H2,1-3H3,(H,22,25). The highest BCUT2D eigenvalue weighted by atomic mass is 16.5. The van der Waals surface area contributed by atoms with Crippen LogP contribution in [-0.2, 0) is 4.79 Å². The number of anilines is 1. The number of hydrogen-bond acceptors (Lipinski definition) is 5. The van der Waals surface area contributed by atoms with E-state index in [1.807, 2.05) is 49.4 Å². The predicted molar refractivity (Wildman–Crippen MR) is 105 cm³/mol. The average molecular weight is 366 g/mol. The van der Waals surface area contributed by atoms with Crippen LogP contribution < -0.4 is 14.8 Å². The van der Waals surface area contributed by atoms with E-state index in [2.05, 4.69) is 5.32 Å². The van der Waals surface area contributed by atoms with E-state index in [9.17, 15) is 4.79 Å². The van der Waals surface area contributed by atoms with Crippen molar-refractivity contribution in [3.05, 3.63) is 48.0 Å². The molecule has 3 rings (SSSR count). The molecular weight excluding hydrogens is 344 g/mol. The molecule has 0 saturated carbocycles. The summed E-state index contributed by atoms with van der Waals surface area (Å²) in [7, 11) is 1.56. The summed E-state index contributed by atoms with van der Waals surface area (Å²) >= 11 is 0. The fourth-order valence-electron chi connectivity index (χ4n) is 2.98. The SMILES string of the molecule is COc1cc2nc(-c3ccccc3OCCO)cc(C)c2cc1NC(C)=O. The number of para-hydroxylation sites is 1. The third-order valence-corrected chi connectivity index (χ3v) is 4.16. The molecule has 0 bridgehead atoms. The van der Waals surface area contributed by atoms with E-state index in [0.29, 0.717) is 17.2 Å². The lowest BCUT2D eigenvalue weighted by Gasteiger charge is -2.14. The number of fused-ring (bicyclic) bond motifs is 1. The first-order valence-corrected chi connectivity index (χ1v) is 8.63. The quantitative estimate of drug-likeness (QED) is 0.697. The maximum absolute atomic E-state index is 11.5. The molecule has 0 aliphatic carbocycles. The number of aliphatic hydroxyl groups excluding tert-OH is 1. The number of rotatable bonds is 6. The fraction of sp³-hybridized carbons (Fsp3) is 0.238. The summed E-state index contributed by atoms with van der Waals surface area (Å²) < 4.78 is 11.0. The summed E-state index contributed by atoms with van der Waals surface area (Å²) in [6.45, 7) is 3.62. The van der Waals surface area contributed by atoms with Gasteiger partial charge in [-0.05, 0) is 36.8 Å². The zero-order valence-electron chi connectivity index (χ0n) is 15.6. The van der Waals surface area contributed by atoms with Crippen molar-refractivity contribution in [2.45, 2.75) is 13.8 Å². The highest BCUT2D eigenvalue weighted by Gasteiger charge is 2.13. The van der Waals surface area contributed by atoms with Gasteiger partial charge < -0.3 is 19.9 Å². The smallest absolute Gasteiger partial charge is 0.221 e. The number of aliphatic hydroxyl groups is 1. The van der Waals surface area contributed by atoms with Crippen LogP contribution in [0.5, 0.6) is 11.5 Å². The Hall–Kier alpha value is -3.12. The van der Waals surface area contributed by atoms with Gasteiger partial charge in [-0.25, -0.2) is 4.98 Å². The number of aryl methyl sites for hydroxylation is 1. The molecule has 6 heteroatoms. The monoisotopic (exact) mass is 366 g/mol. The molecule has 0 fully saturated rings. The van der Waals surface area contributed by atoms with Crippen LogP contribution in [0, 0.1) is 6.92 Å². The largest absolute Gasteiger partial charge is 0.494 e. The third-order valence-electron chi connectivity index (χ3n) is 4.16. The van der Waals surface area contributed by atoms with Crippen molar-refractivity contribution in [2.24, 2.45) is 0 Å². The molecule has 2 N–H and O–H groups in total. The van der Waals surface area contributed by atoms with Crippen LogP contribution in [0.2, 0.25) is 0 Å². The average Bonchev–Trinajstić information content (AvgIpc) is 2.66. The van der Waals surface area contributed by atoms with Crippen molar-refractivity contribution in [1.82, 2.24) is 4.98 Å². The molecule has 0 aliphatic heterocycles. The molecule has 140 valence electrons. The van der Waals surface area contributed by atoms with Crippen LogP contribution >= 0.6 is 0 Å². The Labute approximate surface area is 157 Å². The summed E-state index contributed by atoms with van der Waals surface area (Å²) in [5.74, 6) is 1.05. The number of aromatic nitrogens is 1. The van der Waals surface area contributed by atoms with Gasteiger partial charge in [-0.2, -0.15) is 0 Å². The van der Waals surface area contributed by atoms with Gasteiger partial charge in [0.2, 0.25) is 5.91 Å².